The Labute approximate surface area is 183 Å². The van der Waals surface area contributed by atoms with Gasteiger partial charge in [-0.2, -0.15) is 0 Å². The van der Waals surface area contributed by atoms with E-state index in [1.165, 1.54) is 19.3 Å². The first-order chi connectivity index (χ1) is 14.6. The Morgan fingerprint density at radius 2 is 2.00 bits per heavy atom. The average molecular weight is 429 g/mol. The number of benzene rings is 1. The SMILES string of the molecule is CCC(C)CCC(C)C/C=C/c1nc2cc(OCCOC)cc(-c3nccs3)c2o1. The molecule has 2 aromatic heterocycles. The molecular weight excluding hydrogens is 396 g/mol. The lowest BCUT2D eigenvalue weighted by atomic mass is 9.94. The molecular formula is C24H32N2O3S. The lowest BCUT2D eigenvalue weighted by Gasteiger charge is -2.12. The quantitative estimate of drug-likeness (QED) is 0.296. The molecule has 0 saturated heterocycles. The molecule has 0 radical (unpaired) electrons. The lowest BCUT2D eigenvalue weighted by Crippen LogP contribution is -2.04. The highest BCUT2D eigenvalue weighted by Gasteiger charge is 2.15. The van der Waals surface area contributed by atoms with E-state index in [2.05, 4.69) is 36.8 Å². The zero-order valence-electron chi connectivity index (χ0n) is 18.4. The van der Waals surface area contributed by atoms with Crippen LogP contribution in [0.1, 0.15) is 52.3 Å². The third-order valence-electron chi connectivity index (χ3n) is 5.35. The van der Waals surface area contributed by atoms with Crippen molar-refractivity contribution in [3.8, 4) is 16.3 Å². The van der Waals surface area contributed by atoms with Crippen molar-refractivity contribution < 1.29 is 13.9 Å². The number of thiazole rings is 1. The number of ether oxygens (including phenoxy) is 2. The molecule has 1 aromatic carbocycles. The molecule has 162 valence electrons. The second-order valence-electron chi connectivity index (χ2n) is 7.88. The number of methoxy groups -OCH3 is 1. The van der Waals surface area contributed by atoms with Gasteiger partial charge in [-0.05, 0) is 30.4 Å². The Hall–Kier alpha value is -2.18. The van der Waals surface area contributed by atoms with Crippen LogP contribution < -0.4 is 4.74 Å². The third-order valence-corrected chi connectivity index (χ3v) is 6.15. The molecule has 0 saturated carbocycles. The maximum atomic E-state index is 6.09. The molecule has 2 unspecified atom stereocenters. The summed E-state index contributed by atoms with van der Waals surface area (Å²) in [6.07, 6.45) is 10.8. The molecule has 0 aliphatic carbocycles. The smallest absolute Gasteiger partial charge is 0.219 e. The fourth-order valence-electron chi connectivity index (χ4n) is 3.23. The maximum absolute atomic E-state index is 6.09. The first kappa shape index (κ1) is 22.5. The van der Waals surface area contributed by atoms with E-state index in [4.69, 9.17) is 13.9 Å². The number of oxazole rings is 1. The van der Waals surface area contributed by atoms with Crippen molar-refractivity contribution in [1.29, 1.82) is 0 Å². The van der Waals surface area contributed by atoms with Crippen LogP contribution in [0.4, 0.5) is 0 Å². The average Bonchev–Trinajstić information content (AvgIpc) is 3.41. The zero-order chi connectivity index (χ0) is 21.3. The van der Waals surface area contributed by atoms with Gasteiger partial charge in [-0.15, -0.1) is 11.3 Å². The third kappa shape index (κ3) is 6.16. The number of rotatable bonds is 12. The first-order valence-corrected chi connectivity index (χ1v) is 11.6. The lowest BCUT2D eigenvalue weighted by molar-refractivity contribution is 0.146. The molecule has 0 spiro atoms. The minimum Gasteiger partial charge on any atom is -0.491 e. The Morgan fingerprint density at radius 3 is 2.73 bits per heavy atom. The van der Waals surface area contributed by atoms with Crippen LogP contribution in [0.25, 0.3) is 27.7 Å². The van der Waals surface area contributed by atoms with Crippen LogP contribution in [0.5, 0.6) is 5.75 Å². The van der Waals surface area contributed by atoms with Crippen molar-refractivity contribution in [1.82, 2.24) is 9.97 Å². The summed E-state index contributed by atoms with van der Waals surface area (Å²) in [6.45, 7) is 7.92. The van der Waals surface area contributed by atoms with E-state index >= 15 is 0 Å². The Kier molecular flexibility index (Phi) is 8.46. The van der Waals surface area contributed by atoms with Gasteiger partial charge in [0.25, 0.3) is 0 Å². The summed E-state index contributed by atoms with van der Waals surface area (Å²) in [6, 6.07) is 3.88. The molecule has 0 N–H and O–H groups in total. The molecule has 5 nitrogen and oxygen atoms in total. The fraction of sp³-hybridized carbons (Fsp3) is 0.500. The van der Waals surface area contributed by atoms with E-state index in [-0.39, 0.29) is 0 Å². The number of aromatic nitrogens is 2. The van der Waals surface area contributed by atoms with Gasteiger partial charge in [0, 0.05) is 24.8 Å². The summed E-state index contributed by atoms with van der Waals surface area (Å²) in [4.78, 5) is 9.11. The van der Waals surface area contributed by atoms with E-state index in [0.29, 0.717) is 25.0 Å². The largest absolute Gasteiger partial charge is 0.491 e. The summed E-state index contributed by atoms with van der Waals surface area (Å²) >= 11 is 1.57. The minimum atomic E-state index is 0.485. The zero-order valence-corrected chi connectivity index (χ0v) is 19.2. The second kappa shape index (κ2) is 11.3. The predicted octanol–water partition coefficient (Wildman–Crippen LogP) is 6.84. The molecule has 0 amide bonds. The Balaban J connectivity index is 1.76. The van der Waals surface area contributed by atoms with Crippen molar-refractivity contribution in [2.45, 2.75) is 46.5 Å². The van der Waals surface area contributed by atoms with Gasteiger partial charge >= 0.3 is 0 Å². The van der Waals surface area contributed by atoms with E-state index in [0.717, 1.165) is 39.8 Å². The van der Waals surface area contributed by atoms with E-state index in [1.807, 2.05) is 23.6 Å². The number of allylic oxidation sites excluding steroid dienone is 1. The molecule has 2 heterocycles. The van der Waals surface area contributed by atoms with Crippen LogP contribution in [0, 0.1) is 11.8 Å². The number of nitrogens with zero attached hydrogens (tertiary/aromatic N) is 2. The summed E-state index contributed by atoms with van der Waals surface area (Å²) < 4.78 is 17.0. The fourth-order valence-corrected chi connectivity index (χ4v) is 3.88. The highest BCUT2D eigenvalue weighted by Crippen LogP contribution is 2.35. The minimum absolute atomic E-state index is 0.485. The van der Waals surface area contributed by atoms with Gasteiger partial charge in [0.1, 0.15) is 22.9 Å². The summed E-state index contributed by atoms with van der Waals surface area (Å²) in [7, 11) is 1.66. The van der Waals surface area contributed by atoms with Crippen LogP contribution in [0.2, 0.25) is 0 Å². The monoisotopic (exact) mass is 428 g/mol. The Bertz CT molecular complexity index is 933. The van der Waals surface area contributed by atoms with E-state index in [1.54, 1.807) is 24.6 Å². The van der Waals surface area contributed by atoms with Crippen molar-refractivity contribution in [2.75, 3.05) is 20.3 Å². The van der Waals surface area contributed by atoms with Crippen molar-refractivity contribution in [3.05, 3.63) is 35.7 Å². The number of hydrogen-bond donors (Lipinski definition) is 0. The normalized spacial score (nSPS) is 13.9. The van der Waals surface area contributed by atoms with Gasteiger partial charge in [-0.25, -0.2) is 9.97 Å². The van der Waals surface area contributed by atoms with Crippen LogP contribution in [-0.2, 0) is 4.74 Å². The molecule has 0 aliphatic rings. The second-order valence-corrected chi connectivity index (χ2v) is 8.78. The van der Waals surface area contributed by atoms with E-state index in [9.17, 15) is 0 Å². The van der Waals surface area contributed by atoms with Crippen LogP contribution in [0.3, 0.4) is 0 Å². The highest BCUT2D eigenvalue weighted by molar-refractivity contribution is 7.13. The summed E-state index contributed by atoms with van der Waals surface area (Å²) in [5.74, 6) is 2.82. The number of fused-ring (bicyclic) bond motifs is 1. The van der Waals surface area contributed by atoms with Crippen LogP contribution >= 0.6 is 11.3 Å². The topological polar surface area (TPSA) is 57.4 Å². The molecule has 30 heavy (non-hydrogen) atoms. The van der Waals surface area contributed by atoms with Gasteiger partial charge in [0.15, 0.2) is 5.58 Å². The van der Waals surface area contributed by atoms with Crippen molar-refractivity contribution in [2.24, 2.45) is 11.8 Å². The van der Waals surface area contributed by atoms with Gasteiger partial charge < -0.3 is 13.9 Å². The van der Waals surface area contributed by atoms with Gasteiger partial charge in [-0.3, -0.25) is 0 Å². The van der Waals surface area contributed by atoms with Gasteiger partial charge in [-0.1, -0.05) is 46.1 Å². The summed E-state index contributed by atoms with van der Waals surface area (Å²) in [5.41, 5.74) is 2.43. The van der Waals surface area contributed by atoms with Crippen LogP contribution in [-0.4, -0.2) is 30.3 Å². The molecule has 0 bridgehead atoms. The van der Waals surface area contributed by atoms with Gasteiger partial charge in [0.2, 0.25) is 5.89 Å². The molecule has 0 aliphatic heterocycles. The van der Waals surface area contributed by atoms with Crippen molar-refractivity contribution >= 4 is 28.5 Å². The first-order valence-electron chi connectivity index (χ1n) is 10.7. The molecule has 2 atom stereocenters. The Morgan fingerprint density at radius 1 is 1.17 bits per heavy atom. The predicted molar refractivity (Wildman–Crippen MR) is 124 cm³/mol. The van der Waals surface area contributed by atoms with Crippen LogP contribution in [0.15, 0.2) is 34.2 Å². The van der Waals surface area contributed by atoms with Gasteiger partial charge in [0.05, 0.1) is 12.2 Å². The van der Waals surface area contributed by atoms with Crippen molar-refractivity contribution in [3.63, 3.8) is 0 Å². The van der Waals surface area contributed by atoms with E-state index < -0.39 is 0 Å². The molecule has 3 rings (SSSR count). The maximum Gasteiger partial charge on any atom is 0.219 e. The molecule has 6 heteroatoms. The summed E-state index contributed by atoms with van der Waals surface area (Å²) in [5, 5.41) is 2.85. The molecule has 0 fully saturated rings. The molecule has 3 aromatic rings. The highest BCUT2D eigenvalue weighted by atomic mass is 32.1. The standard InChI is InChI=1S/C24H32N2O3S/c1-5-17(2)9-10-18(3)7-6-8-22-26-21-16-19(28-13-12-27-4)15-20(23(21)29-22)24-25-11-14-30-24/h6,8,11,14-18H,5,7,9-10,12-13H2,1-4H3/b8-6+. The number of hydrogen-bond acceptors (Lipinski definition) is 6.